The number of aliphatic hydroxyl groups is 1. The van der Waals surface area contributed by atoms with Crippen molar-refractivity contribution in [2.45, 2.75) is 117 Å². The number of rotatable bonds is 6. The highest BCUT2D eigenvalue weighted by Crippen LogP contribution is 2.68. The molecule has 30 heavy (non-hydrogen) atoms. The van der Waals surface area contributed by atoms with E-state index in [0.29, 0.717) is 16.7 Å². The number of ether oxygens (including phenoxy) is 1. The second kappa shape index (κ2) is 8.22. The highest BCUT2D eigenvalue weighted by molar-refractivity contribution is 5.25. The topological polar surface area (TPSA) is 29.5 Å². The standard InChI is InChI=1S/C28H48O2/c1-19(2)8-7-15-28(5,30-6)25-12-11-23-22-10-9-20-18-21(29)13-16-26(20,3)24(22)14-17-27(23,25)4/h9,19,21-25,29H,7-8,10-18H2,1-6H3/t21-,22-,23-,24-,25-,26-,27-,28-/m0/s1. The van der Waals surface area contributed by atoms with E-state index in [9.17, 15) is 5.11 Å². The van der Waals surface area contributed by atoms with Crippen molar-refractivity contribution >= 4 is 0 Å². The van der Waals surface area contributed by atoms with E-state index < -0.39 is 0 Å². The fourth-order valence-corrected chi connectivity index (χ4v) is 8.92. The molecule has 2 nitrogen and oxygen atoms in total. The number of hydrogen-bond donors (Lipinski definition) is 1. The normalized spacial score (nSPS) is 45.3. The quantitative estimate of drug-likeness (QED) is 0.466. The molecule has 1 N–H and O–H groups in total. The van der Waals surface area contributed by atoms with Gasteiger partial charge in [0.1, 0.15) is 0 Å². The Morgan fingerprint density at radius 1 is 1.13 bits per heavy atom. The lowest BCUT2D eigenvalue weighted by molar-refractivity contribution is -0.121. The molecule has 0 spiro atoms. The summed E-state index contributed by atoms with van der Waals surface area (Å²) in [4.78, 5) is 0. The van der Waals surface area contributed by atoms with Gasteiger partial charge in [0.25, 0.3) is 0 Å². The van der Waals surface area contributed by atoms with E-state index >= 15 is 0 Å². The maximum atomic E-state index is 10.3. The second-order valence-corrected chi connectivity index (χ2v) is 12.6. The average molecular weight is 417 g/mol. The summed E-state index contributed by atoms with van der Waals surface area (Å²) in [5.74, 6) is 4.00. The van der Waals surface area contributed by atoms with Crippen LogP contribution in [0.4, 0.5) is 0 Å². The van der Waals surface area contributed by atoms with Crippen LogP contribution < -0.4 is 0 Å². The Morgan fingerprint density at radius 3 is 2.60 bits per heavy atom. The van der Waals surface area contributed by atoms with Gasteiger partial charge in [0.15, 0.2) is 0 Å². The largest absolute Gasteiger partial charge is 0.393 e. The van der Waals surface area contributed by atoms with Gasteiger partial charge >= 0.3 is 0 Å². The Bertz CT molecular complexity index is 653. The molecule has 0 heterocycles. The average Bonchev–Trinajstić information content (AvgIpc) is 3.06. The molecule has 0 aromatic carbocycles. The summed E-state index contributed by atoms with van der Waals surface area (Å²) in [6.07, 6.45) is 16.2. The van der Waals surface area contributed by atoms with Crippen molar-refractivity contribution in [2.24, 2.45) is 40.4 Å². The molecule has 2 heteroatoms. The van der Waals surface area contributed by atoms with Gasteiger partial charge in [-0.15, -0.1) is 0 Å². The SMILES string of the molecule is CO[C@@](C)(CCCC(C)C)[C@H]1CC[C@H]2[C@@H]3CC=C4C[C@@H](O)CC[C@]4(C)[C@H]3CC[C@@]21C. The van der Waals surface area contributed by atoms with Gasteiger partial charge < -0.3 is 9.84 Å². The fraction of sp³-hybridized carbons (Fsp3) is 0.929. The molecular formula is C28H48O2. The molecule has 0 saturated heterocycles. The lowest BCUT2D eigenvalue weighted by Crippen LogP contribution is -2.53. The molecule has 3 fully saturated rings. The number of aliphatic hydroxyl groups excluding tert-OH is 1. The van der Waals surface area contributed by atoms with Crippen molar-refractivity contribution in [1.82, 2.24) is 0 Å². The van der Waals surface area contributed by atoms with Gasteiger partial charge in [-0.05, 0) is 105 Å². The van der Waals surface area contributed by atoms with Gasteiger partial charge in [0.05, 0.1) is 11.7 Å². The van der Waals surface area contributed by atoms with Crippen LogP contribution in [0.1, 0.15) is 105 Å². The first-order chi connectivity index (χ1) is 14.1. The Morgan fingerprint density at radius 2 is 1.90 bits per heavy atom. The predicted octanol–water partition coefficient (Wildman–Crippen LogP) is 7.16. The van der Waals surface area contributed by atoms with E-state index in [-0.39, 0.29) is 11.7 Å². The van der Waals surface area contributed by atoms with Crippen molar-refractivity contribution in [2.75, 3.05) is 7.11 Å². The second-order valence-electron chi connectivity index (χ2n) is 12.6. The zero-order valence-electron chi connectivity index (χ0n) is 20.7. The van der Waals surface area contributed by atoms with Crippen molar-refractivity contribution in [3.63, 3.8) is 0 Å². The third-order valence-electron chi connectivity index (χ3n) is 10.7. The highest BCUT2D eigenvalue weighted by atomic mass is 16.5. The molecule has 0 aromatic rings. The molecule has 0 radical (unpaired) electrons. The highest BCUT2D eigenvalue weighted by Gasteiger charge is 2.61. The third-order valence-corrected chi connectivity index (χ3v) is 10.7. The van der Waals surface area contributed by atoms with E-state index in [1.165, 1.54) is 57.8 Å². The molecule has 8 atom stereocenters. The summed E-state index contributed by atoms with van der Waals surface area (Å²) in [6, 6.07) is 0. The van der Waals surface area contributed by atoms with Crippen molar-refractivity contribution in [3.05, 3.63) is 11.6 Å². The van der Waals surface area contributed by atoms with Gasteiger partial charge in [-0.2, -0.15) is 0 Å². The van der Waals surface area contributed by atoms with Gasteiger partial charge in [0, 0.05) is 7.11 Å². The molecule has 0 amide bonds. The van der Waals surface area contributed by atoms with E-state index in [1.807, 2.05) is 7.11 Å². The maximum absolute atomic E-state index is 10.3. The molecule has 4 rings (SSSR count). The summed E-state index contributed by atoms with van der Waals surface area (Å²) in [5.41, 5.74) is 2.40. The molecule has 0 aliphatic heterocycles. The van der Waals surface area contributed by atoms with E-state index in [2.05, 4.69) is 40.7 Å². The van der Waals surface area contributed by atoms with Crippen molar-refractivity contribution in [3.8, 4) is 0 Å². The van der Waals surface area contributed by atoms with Crippen LogP contribution in [0.15, 0.2) is 11.6 Å². The first kappa shape index (κ1) is 22.8. The monoisotopic (exact) mass is 416 g/mol. The van der Waals surface area contributed by atoms with Gasteiger partial charge in [-0.25, -0.2) is 0 Å². The lowest BCUT2D eigenvalue weighted by atomic mass is 9.46. The lowest BCUT2D eigenvalue weighted by Gasteiger charge is -2.59. The zero-order chi connectivity index (χ0) is 21.7. The van der Waals surface area contributed by atoms with Crippen LogP contribution in [-0.2, 0) is 4.74 Å². The van der Waals surface area contributed by atoms with E-state index in [4.69, 9.17) is 4.74 Å². The summed E-state index contributed by atoms with van der Waals surface area (Å²) < 4.78 is 6.33. The minimum Gasteiger partial charge on any atom is -0.393 e. The fourth-order valence-electron chi connectivity index (χ4n) is 8.92. The summed E-state index contributed by atoms with van der Waals surface area (Å²) in [5, 5.41) is 10.3. The van der Waals surface area contributed by atoms with Crippen LogP contribution in [0.2, 0.25) is 0 Å². The Labute approximate surface area is 186 Å². The first-order valence-corrected chi connectivity index (χ1v) is 13.1. The summed E-state index contributed by atoms with van der Waals surface area (Å²) in [6.45, 7) is 12.3. The number of methoxy groups -OCH3 is 1. The summed E-state index contributed by atoms with van der Waals surface area (Å²) >= 11 is 0. The van der Waals surface area contributed by atoms with Crippen LogP contribution in [0.5, 0.6) is 0 Å². The summed E-state index contributed by atoms with van der Waals surface area (Å²) in [7, 11) is 1.97. The van der Waals surface area contributed by atoms with Crippen LogP contribution >= 0.6 is 0 Å². The number of allylic oxidation sites excluding steroid dienone is 1. The molecule has 0 aromatic heterocycles. The Hall–Kier alpha value is -0.340. The number of fused-ring (bicyclic) bond motifs is 5. The van der Waals surface area contributed by atoms with Crippen LogP contribution in [0, 0.1) is 40.4 Å². The van der Waals surface area contributed by atoms with Crippen LogP contribution in [-0.4, -0.2) is 23.9 Å². The molecule has 172 valence electrons. The molecule has 0 bridgehead atoms. The van der Waals surface area contributed by atoms with Crippen LogP contribution in [0.3, 0.4) is 0 Å². The molecule has 0 unspecified atom stereocenters. The maximum Gasteiger partial charge on any atom is 0.0684 e. The van der Waals surface area contributed by atoms with Crippen molar-refractivity contribution in [1.29, 1.82) is 0 Å². The molecule has 3 saturated carbocycles. The van der Waals surface area contributed by atoms with Crippen molar-refractivity contribution < 1.29 is 9.84 Å². The molecule has 4 aliphatic rings. The van der Waals surface area contributed by atoms with E-state index in [1.54, 1.807) is 5.57 Å². The van der Waals surface area contributed by atoms with E-state index in [0.717, 1.165) is 36.5 Å². The molecule has 4 aliphatic carbocycles. The first-order valence-electron chi connectivity index (χ1n) is 13.1. The number of hydrogen-bond acceptors (Lipinski definition) is 2. The zero-order valence-corrected chi connectivity index (χ0v) is 20.7. The predicted molar refractivity (Wildman–Crippen MR) is 125 cm³/mol. The Kier molecular flexibility index (Phi) is 6.26. The minimum absolute atomic E-state index is 0.0275. The van der Waals surface area contributed by atoms with Gasteiger partial charge in [-0.3, -0.25) is 0 Å². The molecular weight excluding hydrogens is 368 g/mol. The Balaban J connectivity index is 1.55. The van der Waals surface area contributed by atoms with Crippen LogP contribution in [0.25, 0.3) is 0 Å². The smallest absolute Gasteiger partial charge is 0.0684 e. The minimum atomic E-state index is -0.0983. The van der Waals surface area contributed by atoms with Gasteiger partial charge in [-0.1, -0.05) is 52.2 Å². The van der Waals surface area contributed by atoms with Gasteiger partial charge in [0.2, 0.25) is 0 Å². The third kappa shape index (κ3) is 3.62.